The van der Waals surface area contributed by atoms with Gasteiger partial charge in [0.15, 0.2) is 5.96 Å². The van der Waals surface area contributed by atoms with Crippen LogP contribution in [0.1, 0.15) is 5.56 Å². The summed E-state index contributed by atoms with van der Waals surface area (Å²) in [5.41, 5.74) is 7.59. The molecule has 2 rings (SSSR count). The maximum absolute atomic E-state index is 5.59. The van der Waals surface area contributed by atoms with Gasteiger partial charge >= 0.3 is 0 Å². The molecule has 4 N–H and O–H groups in total. The Kier molecular flexibility index (Phi) is 2.53. The lowest BCUT2D eigenvalue weighted by Crippen LogP contribution is -2.33. The molecule has 0 saturated carbocycles. The van der Waals surface area contributed by atoms with E-state index in [1.54, 1.807) is 0 Å². The van der Waals surface area contributed by atoms with Crippen molar-refractivity contribution in [1.82, 2.24) is 10.6 Å². The summed E-state index contributed by atoms with van der Waals surface area (Å²) in [5.74, 6) is 0.891. The Morgan fingerprint density at radius 3 is 2.79 bits per heavy atom. The number of hydrogen-bond acceptors (Lipinski definition) is 4. The first kappa shape index (κ1) is 8.87. The van der Waals surface area contributed by atoms with Crippen molar-refractivity contribution >= 4 is 11.6 Å². The second-order valence-electron chi connectivity index (χ2n) is 3.25. The third-order valence-corrected chi connectivity index (χ3v) is 2.11. The molecule has 4 nitrogen and oxygen atoms in total. The maximum Gasteiger partial charge on any atom is 0.191 e. The zero-order chi connectivity index (χ0) is 9.80. The molecule has 1 aromatic rings. The van der Waals surface area contributed by atoms with Crippen molar-refractivity contribution in [2.45, 2.75) is 6.54 Å². The van der Waals surface area contributed by atoms with E-state index in [4.69, 9.17) is 5.73 Å². The normalized spacial score (nSPS) is 14.7. The Hall–Kier alpha value is -1.71. The Morgan fingerprint density at radius 2 is 2.14 bits per heavy atom. The quantitative estimate of drug-likeness (QED) is 0.588. The molecule has 0 spiro atoms. The maximum atomic E-state index is 5.59. The number of rotatable bonds is 2. The van der Waals surface area contributed by atoms with E-state index in [0.717, 1.165) is 31.3 Å². The molecule has 1 heterocycles. The van der Waals surface area contributed by atoms with Crippen molar-refractivity contribution in [3.05, 3.63) is 29.8 Å². The van der Waals surface area contributed by atoms with E-state index in [1.165, 1.54) is 5.56 Å². The number of nitrogens with one attached hydrogen (secondary N) is 2. The predicted octanol–water partition coefficient (Wildman–Crippen LogP) is 0.318. The number of guanidine groups is 1. The van der Waals surface area contributed by atoms with Crippen LogP contribution in [0.25, 0.3) is 0 Å². The Bertz CT molecular complexity index is 328. The largest absolute Gasteiger partial charge is 0.399 e. The van der Waals surface area contributed by atoms with E-state index in [0.29, 0.717) is 0 Å². The molecule has 0 unspecified atom stereocenters. The van der Waals surface area contributed by atoms with E-state index >= 15 is 0 Å². The number of nitrogens with zero attached hydrogens (tertiary/aromatic N) is 1. The monoisotopic (exact) mass is 190 g/mol. The second-order valence-corrected chi connectivity index (χ2v) is 3.25. The van der Waals surface area contributed by atoms with Crippen LogP contribution in [0.3, 0.4) is 0 Å². The molecule has 74 valence electrons. The van der Waals surface area contributed by atoms with Gasteiger partial charge in [-0.3, -0.25) is 4.99 Å². The number of aliphatic imine (C=N–C) groups is 1. The molecule has 14 heavy (non-hydrogen) atoms. The van der Waals surface area contributed by atoms with Crippen LogP contribution in [0, 0.1) is 0 Å². The topological polar surface area (TPSA) is 62.4 Å². The lowest BCUT2D eigenvalue weighted by atomic mass is 10.2. The first-order valence-corrected chi connectivity index (χ1v) is 4.71. The summed E-state index contributed by atoms with van der Waals surface area (Å²) >= 11 is 0. The lowest BCUT2D eigenvalue weighted by molar-refractivity contribution is 0.867. The molecule has 0 aliphatic carbocycles. The van der Waals surface area contributed by atoms with Crippen LogP contribution in [0.4, 0.5) is 5.69 Å². The lowest BCUT2D eigenvalue weighted by Gasteiger charge is -2.06. The third-order valence-electron chi connectivity index (χ3n) is 2.11. The predicted molar refractivity (Wildman–Crippen MR) is 58.0 cm³/mol. The van der Waals surface area contributed by atoms with Gasteiger partial charge in [-0.05, 0) is 17.7 Å². The summed E-state index contributed by atoms with van der Waals surface area (Å²) in [6, 6.07) is 7.83. The number of hydrogen-bond donors (Lipinski definition) is 3. The Labute approximate surface area is 83.2 Å². The zero-order valence-corrected chi connectivity index (χ0v) is 7.96. The Balaban J connectivity index is 1.88. The highest BCUT2D eigenvalue weighted by molar-refractivity contribution is 5.81. The van der Waals surface area contributed by atoms with E-state index in [9.17, 15) is 0 Å². The van der Waals surface area contributed by atoms with E-state index in [-0.39, 0.29) is 0 Å². The van der Waals surface area contributed by atoms with Crippen molar-refractivity contribution in [3.63, 3.8) is 0 Å². The van der Waals surface area contributed by atoms with Crippen LogP contribution < -0.4 is 16.4 Å². The molecule has 0 aromatic heterocycles. The molecule has 0 bridgehead atoms. The van der Waals surface area contributed by atoms with Crippen molar-refractivity contribution < 1.29 is 0 Å². The van der Waals surface area contributed by atoms with Crippen LogP contribution in [-0.4, -0.2) is 19.0 Å². The number of nitrogens with two attached hydrogens (primary N) is 1. The molecule has 0 fully saturated rings. The van der Waals surface area contributed by atoms with Crippen molar-refractivity contribution in [3.8, 4) is 0 Å². The van der Waals surface area contributed by atoms with Gasteiger partial charge < -0.3 is 16.4 Å². The van der Waals surface area contributed by atoms with Crippen LogP contribution in [0.5, 0.6) is 0 Å². The molecular formula is C10H14N4. The third kappa shape index (κ3) is 2.16. The fourth-order valence-corrected chi connectivity index (χ4v) is 1.34. The van der Waals surface area contributed by atoms with Gasteiger partial charge in [0.25, 0.3) is 0 Å². The minimum absolute atomic E-state index is 0.784. The molecule has 0 atom stereocenters. The van der Waals surface area contributed by atoms with Crippen LogP contribution in [0.15, 0.2) is 29.3 Å². The average Bonchev–Trinajstić information content (AvgIpc) is 2.70. The summed E-state index contributed by atoms with van der Waals surface area (Å²) in [6.07, 6.45) is 0. The van der Waals surface area contributed by atoms with Gasteiger partial charge in [0.1, 0.15) is 0 Å². The highest BCUT2D eigenvalue weighted by Gasteiger charge is 2.02. The number of benzene rings is 1. The summed E-state index contributed by atoms with van der Waals surface area (Å²) in [5, 5.41) is 6.37. The first-order valence-electron chi connectivity index (χ1n) is 4.71. The van der Waals surface area contributed by atoms with Gasteiger partial charge in [-0.15, -0.1) is 0 Å². The number of anilines is 1. The molecule has 0 amide bonds. The van der Waals surface area contributed by atoms with E-state index in [2.05, 4.69) is 15.6 Å². The fourth-order valence-electron chi connectivity index (χ4n) is 1.34. The van der Waals surface area contributed by atoms with Crippen molar-refractivity contribution in [1.29, 1.82) is 0 Å². The summed E-state index contributed by atoms with van der Waals surface area (Å²) in [6.45, 7) is 2.58. The molecule has 1 aliphatic rings. The zero-order valence-electron chi connectivity index (χ0n) is 7.96. The van der Waals surface area contributed by atoms with E-state index in [1.807, 2.05) is 24.3 Å². The molecule has 1 aromatic carbocycles. The first-order chi connectivity index (χ1) is 6.84. The van der Waals surface area contributed by atoms with Gasteiger partial charge in [-0.25, -0.2) is 0 Å². The molecule has 0 radical (unpaired) electrons. The van der Waals surface area contributed by atoms with Crippen LogP contribution in [-0.2, 0) is 6.54 Å². The van der Waals surface area contributed by atoms with Crippen molar-refractivity contribution in [2.24, 2.45) is 4.99 Å². The SMILES string of the molecule is Nc1ccc(CNC2=NCCN2)cc1. The highest BCUT2D eigenvalue weighted by Crippen LogP contribution is 2.04. The van der Waals surface area contributed by atoms with Gasteiger partial charge in [0, 0.05) is 18.8 Å². The minimum Gasteiger partial charge on any atom is -0.399 e. The minimum atomic E-state index is 0.784. The van der Waals surface area contributed by atoms with Gasteiger partial charge in [-0.2, -0.15) is 0 Å². The van der Waals surface area contributed by atoms with Crippen LogP contribution in [0.2, 0.25) is 0 Å². The van der Waals surface area contributed by atoms with Gasteiger partial charge in [-0.1, -0.05) is 12.1 Å². The smallest absolute Gasteiger partial charge is 0.191 e. The summed E-state index contributed by atoms with van der Waals surface area (Å²) < 4.78 is 0. The van der Waals surface area contributed by atoms with Gasteiger partial charge in [0.2, 0.25) is 0 Å². The molecule has 1 aliphatic heterocycles. The summed E-state index contributed by atoms with van der Waals surface area (Å²) in [7, 11) is 0. The second kappa shape index (κ2) is 4.00. The Morgan fingerprint density at radius 1 is 1.36 bits per heavy atom. The molecule has 0 saturated heterocycles. The summed E-state index contributed by atoms with van der Waals surface area (Å²) in [4.78, 5) is 4.24. The van der Waals surface area contributed by atoms with E-state index < -0.39 is 0 Å². The average molecular weight is 190 g/mol. The molecule has 4 heteroatoms. The van der Waals surface area contributed by atoms with Gasteiger partial charge in [0.05, 0.1) is 6.54 Å². The standard InChI is InChI=1S/C10H14N4/c11-9-3-1-8(2-4-9)7-14-10-12-5-6-13-10/h1-4H,5-7,11H2,(H2,12,13,14). The number of nitrogen functional groups attached to an aromatic ring is 1. The molecular weight excluding hydrogens is 176 g/mol. The fraction of sp³-hybridized carbons (Fsp3) is 0.300. The van der Waals surface area contributed by atoms with Crippen molar-refractivity contribution in [2.75, 3.05) is 18.8 Å². The highest BCUT2D eigenvalue weighted by atomic mass is 15.2. The van der Waals surface area contributed by atoms with Crippen LogP contribution >= 0.6 is 0 Å².